The first-order chi connectivity index (χ1) is 10.1. The summed E-state index contributed by atoms with van der Waals surface area (Å²) >= 11 is 0. The fourth-order valence-electron chi connectivity index (χ4n) is 2.07. The molecule has 3 nitrogen and oxygen atoms in total. The van der Waals surface area contributed by atoms with E-state index in [1.807, 2.05) is 36.4 Å². The minimum Gasteiger partial charge on any atom is -0.508 e. The zero-order valence-corrected chi connectivity index (χ0v) is 12.8. The molecule has 2 aromatic carbocycles. The topological polar surface area (TPSA) is 41.5 Å². The summed E-state index contributed by atoms with van der Waals surface area (Å²) in [6.45, 7) is 6.27. The first-order valence-corrected chi connectivity index (χ1v) is 7.40. The van der Waals surface area contributed by atoms with Gasteiger partial charge in [0.25, 0.3) is 0 Å². The minimum atomic E-state index is 0.157. The Balaban J connectivity index is 2.05. The number of nitrogens with one attached hydrogen (secondary N) is 1. The number of phenolic OH excluding ortho intramolecular Hbond substituents is 1. The van der Waals surface area contributed by atoms with Crippen LogP contribution < -0.4 is 10.1 Å². The molecule has 2 atom stereocenters. The second kappa shape index (κ2) is 7.02. The fourth-order valence-corrected chi connectivity index (χ4v) is 2.07. The molecule has 0 spiro atoms. The van der Waals surface area contributed by atoms with Crippen molar-refractivity contribution in [1.29, 1.82) is 0 Å². The fraction of sp³-hybridized carbons (Fsp3) is 0.333. The summed E-state index contributed by atoms with van der Waals surface area (Å²) in [5.41, 5.74) is 2.15. The third-order valence-corrected chi connectivity index (χ3v) is 3.52. The lowest BCUT2D eigenvalue weighted by Crippen LogP contribution is -2.10. The lowest BCUT2D eigenvalue weighted by molar-refractivity contribution is 0.217. The van der Waals surface area contributed by atoms with Crippen LogP contribution in [0.2, 0.25) is 0 Å². The first kappa shape index (κ1) is 15.2. The molecular formula is C18H23NO2. The van der Waals surface area contributed by atoms with Crippen LogP contribution in [0.25, 0.3) is 0 Å². The average molecular weight is 285 g/mol. The maximum atomic E-state index is 9.33. The van der Waals surface area contributed by atoms with Crippen molar-refractivity contribution in [2.45, 2.75) is 39.3 Å². The van der Waals surface area contributed by atoms with Crippen molar-refractivity contribution in [3.8, 4) is 11.5 Å². The molecule has 0 aromatic heterocycles. The van der Waals surface area contributed by atoms with E-state index in [1.54, 1.807) is 12.1 Å². The van der Waals surface area contributed by atoms with Gasteiger partial charge in [0, 0.05) is 17.8 Å². The highest BCUT2D eigenvalue weighted by Crippen LogP contribution is 2.24. The van der Waals surface area contributed by atoms with Crippen LogP contribution in [-0.4, -0.2) is 11.2 Å². The molecule has 21 heavy (non-hydrogen) atoms. The van der Waals surface area contributed by atoms with Gasteiger partial charge in [0.2, 0.25) is 0 Å². The van der Waals surface area contributed by atoms with Gasteiger partial charge in [-0.3, -0.25) is 0 Å². The van der Waals surface area contributed by atoms with Crippen molar-refractivity contribution in [2.24, 2.45) is 0 Å². The zero-order valence-electron chi connectivity index (χ0n) is 12.8. The van der Waals surface area contributed by atoms with Crippen LogP contribution in [-0.2, 0) is 0 Å². The number of benzene rings is 2. The van der Waals surface area contributed by atoms with Crippen molar-refractivity contribution in [3.63, 3.8) is 0 Å². The molecular weight excluding hydrogens is 262 g/mol. The molecule has 0 heterocycles. The van der Waals surface area contributed by atoms with E-state index in [0.717, 1.165) is 23.4 Å². The number of hydrogen-bond donors (Lipinski definition) is 2. The van der Waals surface area contributed by atoms with Gasteiger partial charge in [-0.15, -0.1) is 0 Å². The standard InChI is InChI=1S/C18H23NO2/c1-4-13(2)21-18-7-5-6-16(12-18)19-14(3)15-8-10-17(20)11-9-15/h5-14,19-20H,4H2,1-3H3. The van der Waals surface area contributed by atoms with Crippen LogP contribution in [0.1, 0.15) is 38.8 Å². The van der Waals surface area contributed by atoms with Gasteiger partial charge in [0.1, 0.15) is 11.5 Å². The molecule has 0 saturated carbocycles. The first-order valence-electron chi connectivity index (χ1n) is 7.40. The van der Waals surface area contributed by atoms with E-state index < -0.39 is 0 Å². The molecule has 2 unspecified atom stereocenters. The predicted octanol–water partition coefficient (Wildman–Crippen LogP) is 4.74. The van der Waals surface area contributed by atoms with E-state index in [1.165, 1.54) is 0 Å². The Labute approximate surface area is 126 Å². The van der Waals surface area contributed by atoms with Crippen molar-refractivity contribution in [2.75, 3.05) is 5.32 Å². The summed E-state index contributed by atoms with van der Waals surface area (Å²) < 4.78 is 5.83. The smallest absolute Gasteiger partial charge is 0.121 e. The number of aromatic hydroxyl groups is 1. The Morgan fingerprint density at radius 1 is 1.10 bits per heavy atom. The third kappa shape index (κ3) is 4.42. The summed E-state index contributed by atoms with van der Waals surface area (Å²) in [5.74, 6) is 1.17. The van der Waals surface area contributed by atoms with Crippen LogP contribution in [0.3, 0.4) is 0 Å². The monoisotopic (exact) mass is 285 g/mol. The molecule has 0 amide bonds. The average Bonchev–Trinajstić information content (AvgIpc) is 2.48. The van der Waals surface area contributed by atoms with Gasteiger partial charge < -0.3 is 15.2 Å². The highest BCUT2D eigenvalue weighted by atomic mass is 16.5. The Kier molecular flexibility index (Phi) is 5.09. The van der Waals surface area contributed by atoms with Crippen molar-refractivity contribution < 1.29 is 9.84 Å². The van der Waals surface area contributed by atoms with E-state index in [0.29, 0.717) is 0 Å². The molecule has 0 aliphatic rings. The number of ether oxygens (including phenoxy) is 1. The van der Waals surface area contributed by atoms with Gasteiger partial charge in [-0.1, -0.05) is 25.1 Å². The summed E-state index contributed by atoms with van der Waals surface area (Å²) in [7, 11) is 0. The van der Waals surface area contributed by atoms with E-state index in [-0.39, 0.29) is 17.9 Å². The second-order valence-corrected chi connectivity index (χ2v) is 5.32. The zero-order chi connectivity index (χ0) is 15.2. The number of anilines is 1. The Morgan fingerprint density at radius 3 is 2.48 bits per heavy atom. The number of rotatable bonds is 6. The maximum absolute atomic E-state index is 9.33. The van der Waals surface area contributed by atoms with Crippen molar-refractivity contribution in [1.82, 2.24) is 0 Å². The van der Waals surface area contributed by atoms with Crippen LogP contribution in [0.4, 0.5) is 5.69 Å². The van der Waals surface area contributed by atoms with Crippen LogP contribution >= 0.6 is 0 Å². The minimum absolute atomic E-state index is 0.157. The maximum Gasteiger partial charge on any atom is 0.121 e. The SMILES string of the molecule is CCC(C)Oc1cccc(NC(C)c2ccc(O)cc2)c1. The van der Waals surface area contributed by atoms with Crippen LogP contribution in [0, 0.1) is 0 Å². The summed E-state index contributed by atoms with van der Waals surface area (Å²) in [6, 6.07) is 15.4. The lowest BCUT2D eigenvalue weighted by atomic mass is 10.1. The highest BCUT2D eigenvalue weighted by Gasteiger charge is 2.07. The highest BCUT2D eigenvalue weighted by molar-refractivity contribution is 5.50. The molecule has 0 aliphatic heterocycles. The molecule has 3 heteroatoms. The van der Waals surface area contributed by atoms with Crippen molar-refractivity contribution in [3.05, 3.63) is 54.1 Å². The molecule has 0 radical (unpaired) electrons. The van der Waals surface area contributed by atoms with Gasteiger partial charge in [-0.05, 0) is 50.1 Å². The van der Waals surface area contributed by atoms with Gasteiger partial charge in [-0.25, -0.2) is 0 Å². The van der Waals surface area contributed by atoms with Gasteiger partial charge in [-0.2, -0.15) is 0 Å². The molecule has 112 valence electrons. The largest absolute Gasteiger partial charge is 0.508 e. The predicted molar refractivity (Wildman–Crippen MR) is 87.0 cm³/mol. The van der Waals surface area contributed by atoms with Gasteiger partial charge in [0.05, 0.1) is 6.10 Å². The molecule has 2 rings (SSSR count). The Hall–Kier alpha value is -2.16. The van der Waals surface area contributed by atoms with E-state index in [4.69, 9.17) is 4.74 Å². The van der Waals surface area contributed by atoms with Gasteiger partial charge >= 0.3 is 0 Å². The summed E-state index contributed by atoms with van der Waals surface area (Å²) in [4.78, 5) is 0. The number of hydrogen-bond acceptors (Lipinski definition) is 3. The number of phenols is 1. The summed E-state index contributed by atoms with van der Waals surface area (Å²) in [6.07, 6.45) is 1.21. The lowest BCUT2D eigenvalue weighted by Gasteiger charge is -2.18. The molecule has 0 fully saturated rings. The van der Waals surface area contributed by atoms with E-state index in [2.05, 4.69) is 26.1 Å². The van der Waals surface area contributed by atoms with Crippen molar-refractivity contribution >= 4 is 5.69 Å². The van der Waals surface area contributed by atoms with Crippen LogP contribution in [0.15, 0.2) is 48.5 Å². The Morgan fingerprint density at radius 2 is 1.81 bits per heavy atom. The van der Waals surface area contributed by atoms with E-state index >= 15 is 0 Å². The van der Waals surface area contributed by atoms with E-state index in [9.17, 15) is 5.11 Å². The summed E-state index contributed by atoms with van der Waals surface area (Å²) in [5, 5.41) is 12.8. The molecule has 0 aliphatic carbocycles. The second-order valence-electron chi connectivity index (χ2n) is 5.32. The quantitative estimate of drug-likeness (QED) is 0.805. The van der Waals surface area contributed by atoms with Crippen LogP contribution in [0.5, 0.6) is 11.5 Å². The van der Waals surface area contributed by atoms with Gasteiger partial charge in [0.15, 0.2) is 0 Å². The Bertz CT molecular complexity index is 566. The normalized spacial score (nSPS) is 13.5. The molecule has 0 saturated heterocycles. The third-order valence-electron chi connectivity index (χ3n) is 3.52. The molecule has 0 bridgehead atoms. The molecule has 2 N–H and O–H groups in total. The molecule has 2 aromatic rings.